The highest BCUT2D eigenvalue weighted by atomic mass is 35.5. The molecule has 7 nitrogen and oxygen atoms in total. The lowest BCUT2D eigenvalue weighted by Gasteiger charge is -2.35. The first-order valence-electron chi connectivity index (χ1n) is 8.75. The molecule has 1 aliphatic rings. The highest BCUT2D eigenvalue weighted by Crippen LogP contribution is 2.24. The van der Waals surface area contributed by atoms with E-state index in [1.807, 2.05) is 0 Å². The Morgan fingerprint density at radius 2 is 1.93 bits per heavy atom. The zero-order valence-electron chi connectivity index (χ0n) is 14.9. The maximum absolute atomic E-state index is 13.3. The third-order valence-corrected chi connectivity index (χ3v) is 4.92. The number of amides is 1. The number of halogens is 2. The summed E-state index contributed by atoms with van der Waals surface area (Å²) in [5.41, 5.74) is 0.851. The zero-order valence-corrected chi connectivity index (χ0v) is 15.7. The van der Waals surface area contributed by atoms with Gasteiger partial charge in [0.15, 0.2) is 0 Å². The molecule has 1 aliphatic heterocycles. The van der Waals surface area contributed by atoms with Crippen LogP contribution in [0.3, 0.4) is 0 Å². The third kappa shape index (κ3) is 4.83. The predicted octanol–water partition coefficient (Wildman–Crippen LogP) is 3.19. The molecule has 0 saturated carbocycles. The van der Waals surface area contributed by atoms with Crippen LogP contribution in [0.2, 0.25) is 5.02 Å². The van der Waals surface area contributed by atoms with Gasteiger partial charge < -0.3 is 10.1 Å². The topological polar surface area (TPSA) is 84.7 Å². The molecule has 1 heterocycles. The highest BCUT2D eigenvalue weighted by molar-refractivity contribution is 6.34. The van der Waals surface area contributed by atoms with Crippen LogP contribution in [0.25, 0.3) is 0 Å². The second-order valence-corrected chi connectivity index (χ2v) is 6.75. The van der Waals surface area contributed by atoms with Crippen molar-refractivity contribution >= 4 is 23.2 Å². The number of carbonyl (C=O) groups is 1. The van der Waals surface area contributed by atoms with Gasteiger partial charge in [-0.2, -0.15) is 0 Å². The minimum absolute atomic E-state index is 0.0106. The summed E-state index contributed by atoms with van der Waals surface area (Å²) >= 11 is 6.03. The molecule has 9 heteroatoms. The fourth-order valence-corrected chi connectivity index (χ4v) is 3.38. The Morgan fingerprint density at radius 3 is 2.54 bits per heavy atom. The van der Waals surface area contributed by atoms with Crippen LogP contribution in [-0.4, -0.2) is 48.6 Å². The predicted molar refractivity (Wildman–Crippen MR) is 102 cm³/mol. The van der Waals surface area contributed by atoms with E-state index in [-0.39, 0.29) is 34.7 Å². The number of nitro groups is 1. The zero-order chi connectivity index (χ0) is 20.1. The first kappa shape index (κ1) is 20.2. The van der Waals surface area contributed by atoms with Crippen LogP contribution < -0.4 is 5.32 Å². The van der Waals surface area contributed by atoms with Crippen LogP contribution in [0.15, 0.2) is 42.5 Å². The van der Waals surface area contributed by atoms with Crippen molar-refractivity contribution in [2.75, 3.05) is 32.8 Å². The van der Waals surface area contributed by atoms with Crippen molar-refractivity contribution in [3.63, 3.8) is 0 Å². The van der Waals surface area contributed by atoms with Crippen molar-refractivity contribution in [1.29, 1.82) is 0 Å². The Morgan fingerprint density at radius 1 is 1.25 bits per heavy atom. The average Bonchev–Trinajstić information content (AvgIpc) is 2.70. The van der Waals surface area contributed by atoms with Crippen molar-refractivity contribution < 1.29 is 18.8 Å². The number of benzene rings is 2. The molecule has 3 rings (SSSR count). The number of hydrogen-bond donors (Lipinski definition) is 1. The van der Waals surface area contributed by atoms with Crippen LogP contribution in [0.5, 0.6) is 0 Å². The van der Waals surface area contributed by atoms with Crippen molar-refractivity contribution in [1.82, 2.24) is 10.2 Å². The first-order chi connectivity index (χ1) is 13.5. The molecular formula is C19H19ClFN3O4. The fraction of sp³-hybridized carbons (Fsp3) is 0.316. The summed E-state index contributed by atoms with van der Waals surface area (Å²) < 4.78 is 18.7. The standard InChI is InChI=1S/C19H19ClFN3O4/c20-17-11-15(24(26)27)5-6-16(17)19(25)22-12-18(23-7-9-28-10-8-23)13-1-3-14(21)4-2-13/h1-6,11,18H,7-10,12H2,(H,22,25). The summed E-state index contributed by atoms with van der Waals surface area (Å²) in [5, 5.41) is 13.6. The molecule has 0 bridgehead atoms. The number of ether oxygens (including phenoxy) is 1. The summed E-state index contributed by atoms with van der Waals surface area (Å²) in [7, 11) is 0. The number of non-ortho nitro benzene ring substituents is 1. The molecule has 0 aromatic heterocycles. The number of hydrogen-bond acceptors (Lipinski definition) is 5. The molecule has 28 heavy (non-hydrogen) atoms. The van der Waals surface area contributed by atoms with E-state index >= 15 is 0 Å². The summed E-state index contributed by atoms with van der Waals surface area (Å²) in [6, 6.07) is 9.72. The van der Waals surface area contributed by atoms with Crippen LogP contribution in [0.4, 0.5) is 10.1 Å². The van der Waals surface area contributed by atoms with Gasteiger partial charge in [0.2, 0.25) is 0 Å². The second kappa shape index (κ2) is 9.09. The van der Waals surface area contributed by atoms with E-state index in [0.29, 0.717) is 26.3 Å². The van der Waals surface area contributed by atoms with Gasteiger partial charge >= 0.3 is 0 Å². The molecule has 1 amide bonds. The molecule has 1 unspecified atom stereocenters. The maximum Gasteiger partial charge on any atom is 0.270 e. The van der Waals surface area contributed by atoms with E-state index in [0.717, 1.165) is 11.6 Å². The molecule has 1 atom stereocenters. The highest BCUT2D eigenvalue weighted by Gasteiger charge is 2.24. The first-order valence-corrected chi connectivity index (χ1v) is 9.13. The molecule has 0 aliphatic carbocycles. The Kier molecular flexibility index (Phi) is 6.56. The normalized spacial score (nSPS) is 15.8. The van der Waals surface area contributed by atoms with Gasteiger partial charge in [-0.1, -0.05) is 23.7 Å². The van der Waals surface area contributed by atoms with Gasteiger partial charge in [-0.05, 0) is 23.8 Å². The van der Waals surface area contributed by atoms with Crippen molar-refractivity contribution in [2.45, 2.75) is 6.04 Å². The van der Waals surface area contributed by atoms with Gasteiger partial charge in [0, 0.05) is 31.8 Å². The number of morpholine rings is 1. The van der Waals surface area contributed by atoms with Gasteiger partial charge in [0.1, 0.15) is 5.82 Å². The molecular weight excluding hydrogens is 389 g/mol. The van der Waals surface area contributed by atoms with Crippen LogP contribution in [0.1, 0.15) is 22.0 Å². The van der Waals surface area contributed by atoms with Gasteiger partial charge in [-0.25, -0.2) is 4.39 Å². The lowest BCUT2D eigenvalue weighted by molar-refractivity contribution is -0.384. The molecule has 2 aromatic carbocycles. The third-order valence-electron chi connectivity index (χ3n) is 4.61. The Labute approximate surface area is 166 Å². The molecule has 2 aromatic rings. The van der Waals surface area contributed by atoms with E-state index in [9.17, 15) is 19.3 Å². The van der Waals surface area contributed by atoms with Gasteiger partial charge in [-0.15, -0.1) is 0 Å². The number of nitro benzene ring substituents is 1. The van der Waals surface area contributed by atoms with Gasteiger partial charge in [0.05, 0.1) is 34.8 Å². The summed E-state index contributed by atoms with van der Waals surface area (Å²) in [6.45, 7) is 2.82. The molecule has 148 valence electrons. The van der Waals surface area contributed by atoms with Crippen molar-refractivity contribution in [3.8, 4) is 0 Å². The molecule has 1 N–H and O–H groups in total. The second-order valence-electron chi connectivity index (χ2n) is 6.35. The molecule has 0 radical (unpaired) electrons. The Balaban J connectivity index is 1.74. The number of nitrogens with zero attached hydrogens (tertiary/aromatic N) is 2. The Bertz CT molecular complexity index is 857. The van der Waals surface area contributed by atoms with E-state index in [2.05, 4.69) is 10.2 Å². The van der Waals surface area contributed by atoms with Crippen LogP contribution >= 0.6 is 11.6 Å². The minimum Gasteiger partial charge on any atom is -0.379 e. The Hall–Kier alpha value is -2.55. The van der Waals surface area contributed by atoms with E-state index in [1.54, 1.807) is 12.1 Å². The summed E-state index contributed by atoms with van der Waals surface area (Å²) in [5.74, 6) is -0.758. The van der Waals surface area contributed by atoms with Crippen molar-refractivity contribution in [3.05, 3.63) is 74.5 Å². The number of carbonyl (C=O) groups excluding carboxylic acids is 1. The van der Waals surface area contributed by atoms with Gasteiger partial charge in [0.25, 0.3) is 11.6 Å². The summed E-state index contributed by atoms with van der Waals surface area (Å²) in [4.78, 5) is 24.9. The quantitative estimate of drug-likeness (QED) is 0.587. The van der Waals surface area contributed by atoms with Crippen molar-refractivity contribution in [2.24, 2.45) is 0 Å². The molecule has 1 fully saturated rings. The minimum atomic E-state index is -0.573. The number of nitrogens with one attached hydrogen (secondary N) is 1. The monoisotopic (exact) mass is 407 g/mol. The fourth-order valence-electron chi connectivity index (χ4n) is 3.12. The lowest BCUT2D eigenvalue weighted by atomic mass is 10.0. The smallest absolute Gasteiger partial charge is 0.270 e. The van der Waals surface area contributed by atoms with E-state index in [4.69, 9.17) is 16.3 Å². The van der Waals surface area contributed by atoms with E-state index < -0.39 is 10.8 Å². The van der Waals surface area contributed by atoms with Crippen LogP contribution in [0, 0.1) is 15.9 Å². The molecule has 0 spiro atoms. The molecule has 1 saturated heterocycles. The SMILES string of the molecule is O=C(NCC(c1ccc(F)cc1)N1CCOCC1)c1ccc([N+](=O)[O-])cc1Cl. The lowest BCUT2D eigenvalue weighted by Crippen LogP contribution is -2.43. The maximum atomic E-state index is 13.3. The number of rotatable bonds is 6. The average molecular weight is 408 g/mol. The van der Waals surface area contributed by atoms with Gasteiger partial charge in [-0.3, -0.25) is 19.8 Å². The van der Waals surface area contributed by atoms with Crippen LogP contribution in [-0.2, 0) is 4.74 Å². The van der Waals surface area contributed by atoms with E-state index in [1.165, 1.54) is 24.3 Å². The largest absolute Gasteiger partial charge is 0.379 e. The summed E-state index contributed by atoms with van der Waals surface area (Å²) in [6.07, 6.45) is 0.